The second-order valence-electron chi connectivity index (χ2n) is 5.05. The smallest absolute Gasteiger partial charge is 0.123 e. The molecule has 3 heteroatoms. The van der Waals surface area contributed by atoms with Crippen LogP contribution in [0.1, 0.15) is 25.3 Å². The van der Waals surface area contributed by atoms with E-state index >= 15 is 0 Å². The lowest BCUT2D eigenvalue weighted by molar-refractivity contribution is 0.181. The Morgan fingerprint density at radius 3 is 3.06 bits per heavy atom. The highest BCUT2D eigenvalue weighted by molar-refractivity contribution is 5.17. The molecule has 1 N–H and O–H groups in total. The molecule has 1 aromatic rings. The molecular formula is C15H22FNO. The van der Waals surface area contributed by atoms with Gasteiger partial charge in [0.15, 0.2) is 0 Å². The fourth-order valence-electron chi connectivity index (χ4n) is 2.65. The lowest BCUT2D eigenvalue weighted by Gasteiger charge is -2.21. The predicted octanol–water partition coefficient (Wildman–Crippen LogP) is 2.77. The molecule has 2 nitrogen and oxygen atoms in total. The first-order valence-corrected chi connectivity index (χ1v) is 6.83. The molecule has 2 rings (SSSR count). The minimum Gasteiger partial charge on any atom is -0.381 e. The number of likely N-dealkylation sites (N-methyl/N-ethyl adjacent to an activating group) is 1. The zero-order valence-corrected chi connectivity index (χ0v) is 11.0. The van der Waals surface area contributed by atoms with E-state index in [0.29, 0.717) is 12.0 Å². The number of ether oxygens (including phenoxy) is 1. The van der Waals surface area contributed by atoms with Gasteiger partial charge in [0.05, 0.1) is 0 Å². The van der Waals surface area contributed by atoms with Crippen molar-refractivity contribution in [3.63, 3.8) is 0 Å². The highest BCUT2D eigenvalue weighted by Gasteiger charge is 2.20. The Labute approximate surface area is 109 Å². The van der Waals surface area contributed by atoms with Crippen molar-refractivity contribution in [3.8, 4) is 0 Å². The highest BCUT2D eigenvalue weighted by atomic mass is 19.1. The molecule has 0 amide bonds. The van der Waals surface area contributed by atoms with Crippen LogP contribution in [0.5, 0.6) is 0 Å². The second kappa shape index (κ2) is 6.86. The van der Waals surface area contributed by atoms with E-state index in [9.17, 15) is 4.39 Å². The monoisotopic (exact) mass is 251 g/mol. The summed E-state index contributed by atoms with van der Waals surface area (Å²) in [5, 5.41) is 3.50. The van der Waals surface area contributed by atoms with Crippen molar-refractivity contribution in [1.82, 2.24) is 5.32 Å². The first-order valence-electron chi connectivity index (χ1n) is 6.83. The third-order valence-electron chi connectivity index (χ3n) is 3.51. The first kappa shape index (κ1) is 13.5. The van der Waals surface area contributed by atoms with E-state index in [1.807, 2.05) is 6.07 Å². The molecule has 1 aliphatic heterocycles. The fourth-order valence-corrected chi connectivity index (χ4v) is 2.65. The molecule has 2 unspecified atom stereocenters. The van der Waals surface area contributed by atoms with Crippen LogP contribution in [0, 0.1) is 11.7 Å². The molecule has 0 radical (unpaired) electrons. The van der Waals surface area contributed by atoms with E-state index < -0.39 is 0 Å². The van der Waals surface area contributed by atoms with E-state index in [-0.39, 0.29) is 5.82 Å². The largest absolute Gasteiger partial charge is 0.381 e. The summed E-state index contributed by atoms with van der Waals surface area (Å²) >= 11 is 0. The lowest BCUT2D eigenvalue weighted by Crippen LogP contribution is -2.33. The van der Waals surface area contributed by atoms with Crippen LogP contribution in [0.4, 0.5) is 4.39 Å². The molecular weight excluding hydrogens is 229 g/mol. The molecule has 18 heavy (non-hydrogen) atoms. The van der Waals surface area contributed by atoms with Crippen LogP contribution in [-0.4, -0.2) is 25.8 Å². The lowest BCUT2D eigenvalue weighted by atomic mass is 9.94. The van der Waals surface area contributed by atoms with Crippen molar-refractivity contribution < 1.29 is 9.13 Å². The van der Waals surface area contributed by atoms with E-state index in [1.54, 1.807) is 12.1 Å². The van der Waals surface area contributed by atoms with Crippen molar-refractivity contribution in [2.24, 2.45) is 5.92 Å². The summed E-state index contributed by atoms with van der Waals surface area (Å²) in [6, 6.07) is 7.33. The van der Waals surface area contributed by atoms with Gasteiger partial charge in [-0.25, -0.2) is 4.39 Å². The maximum absolute atomic E-state index is 13.2. The molecule has 1 aromatic carbocycles. The van der Waals surface area contributed by atoms with Crippen LogP contribution in [-0.2, 0) is 11.2 Å². The number of hydrogen-bond donors (Lipinski definition) is 1. The molecule has 0 aliphatic carbocycles. The summed E-state index contributed by atoms with van der Waals surface area (Å²) in [5.41, 5.74) is 1.07. The van der Waals surface area contributed by atoms with Crippen molar-refractivity contribution in [2.45, 2.75) is 32.2 Å². The van der Waals surface area contributed by atoms with Crippen LogP contribution in [0.25, 0.3) is 0 Å². The molecule has 0 spiro atoms. The van der Waals surface area contributed by atoms with E-state index in [0.717, 1.165) is 44.6 Å². The number of rotatable bonds is 6. The molecule has 1 saturated heterocycles. The Balaban J connectivity index is 1.92. The summed E-state index contributed by atoms with van der Waals surface area (Å²) in [6.45, 7) is 4.84. The van der Waals surface area contributed by atoms with Gasteiger partial charge in [-0.15, -0.1) is 0 Å². The summed E-state index contributed by atoms with van der Waals surface area (Å²) < 4.78 is 18.6. The van der Waals surface area contributed by atoms with Gasteiger partial charge in [-0.3, -0.25) is 0 Å². The van der Waals surface area contributed by atoms with Gasteiger partial charge in [-0.05, 0) is 49.4 Å². The van der Waals surface area contributed by atoms with Crippen LogP contribution in [0.15, 0.2) is 24.3 Å². The Kier molecular flexibility index (Phi) is 5.14. The highest BCUT2D eigenvalue weighted by Crippen LogP contribution is 2.20. The van der Waals surface area contributed by atoms with E-state index in [2.05, 4.69) is 12.2 Å². The van der Waals surface area contributed by atoms with E-state index in [1.165, 1.54) is 6.07 Å². The Morgan fingerprint density at radius 1 is 1.50 bits per heavy atom. The molecule has 0 aromatic heterocycles. The maximum Gasteiger partial charge on any atom is 0.123 e. The average molecular weight is 251 g/mol. The van der Waals surface area contributed by atoms with Crippen molar-refractivity contribution in [2.75, 3.05) is 19.8 Å². The standard InChI is InChI=1S/C15H22FNO/c1-2-17-15(10-13-6-7-18-11-13)9-12-4-3-5-14(16)8-12/h3-5,8,13,15,17H,2,6-7,9-11H2,1H3. The number of hydrogen-bond acceptors (Lipinski definition) is 2. The molecule has 0 saturated carbocycles. The summed E-state index contributed by atoms with van der Waals surface area (Å²) in [6.07, 6.45) is 3.16. The third-order valence-corrected chi connectivity index (χ3v) is 3.51. The van der Waals surface area contributed by atoms with Crippen molar-refractivity contribution >= 4 is 0 Å². The van der Waals surface area contributed by atoms with Crippen LogP contribution in [0.3, 0.4) is 0 Å². The Hall–Kier alpha value is -0.930. The number of halogens is 1. The predicted molar refractivity (Wildman–Crippen MR) is 71.1 cm³/mol. The molecule has 2 atom stereocenters. The summed E-state index contributed by atoms with van der Waals surface area (Å²) in [4.78, 5) is 0. The first-order chi connectivity index (χ1) is 8.78. The molecule has 1 aliphatic rings. The Bertz CT molecular complexity index is 363. The minimum atomic E-state index is -0.146. The van der Waals surface area contributed by atoms with Gasteiger partial charge >= 0.3 is 0 Å². The average Bonchev–Trinajstić information content (AvgIpc) is 2.82. The third kappa shape index (κ3) is 4.07. The van der Waals surface area contributed by atoms with Gasteiger partial charge < -0.3 is 10.1 Å². The number of benzene rings is 1. The zero-order valence-electron chi connectivity index (χ0n) is 11.0. The van der Waals surface area contributed by atoms with Gasteiger partial charge in [0.25, 0.3) is 0 Å². The molecule has 0 bridgehead atoms. The Morgan fingerprint density at radius 2 is 2.39 bits per heavy atom. The normalized spacial score (nSPS) is 21.1. The van der Waals surface area contributed by atoms with Gasteiger partial charge in [0.2, 0.25) is 0 Å². The number of nitrogens with one attached hydrogen (secondary N) is 1. The maximum atomic E-state index is 13.2. The van der Waals surface area contributed by atoms with Crippen LogP contribution >= 0.6 is 0 Å². The molecule has 100 valence electrons. The van der Waals surface area contributed by atoms with Gasteiger partial charge in [0.1, 0.15) is 5.82 Å². The summed E-state index contributed by atoms with van der Waals surface area (Å²) in [7, 11) is 0. The SMILES string of the molecule is CCNC(Cc1cccc(F)c1)CC1CCOC1. The fraction of sp³-hybridized carbons (Fsp3) is 0.600. The van der Waals surface area contributed by atoms with Gasteiger partial charge in [0, 0.05) is 19.3 Å². The van der Waals surface area contributed by atoms with E-state index in [4.69, 9.17) is 4.74 Å². The zero-order chi connectivity index (χ0) is 12.8. The minimum absolute atomic E-state index is 0.146. The quantitative estimate of drug-likeness (QED) is 0.839. The van der Waals surface area contributed by atoms with Gasteiger partial charge in [-0.2, -0.15) is 0 Å². The van der Waals surface area contributed by atoms with Crippen molar-refractivity contribution in [1.29, 1.82) is 0 Å². The molecule has 1 fully saturated rings. The second-order valence-corrected chi connectivity index (χ2v) is 5.05. The van der Waals surface area contributed by atoms with Crippen LogP contribution in [0.2, 0.25) is 0 Å². The molecule has 1 heterocycles. The topological polar surface area (TPSA) is 21.3 Å². The van der Waals surface area contributed by atoms with Gasteiger partial charge in [-0.1, -0.05) is 19.1 Å². The van der Waals surface area contributed by atoms with Crippen LogP contribution < -0.4 is 5.32 Å². The summed E-state index contributed by atoms with van der Waals surface area (Å²) in [5.74, 6) is 0.509. The van der Waals surface area contributed by atoms with Crippen molar-refractivity contribution in [3.05, 3.63) is 35.6 Å².